The van der Waals surface area contributed by atoms with Crippen molar-refractivity contribution >= 4 is 12.4 Å². The molecule has 15 heavy (non-hydrogen) atoms. The van der Waals surface area contributed by atoms with Gasteiger partial charge in [-0.05, 0) is 38.1 Å². The number of pyridine rings is 1. The maximum absolute atomic E-state index is 5.57. The highest BCUT2D eigenvalue weighted by atomic mass is 35.5. The lowest BCUT2D eigenvalue weighted by Gasteiger charge is -2.22. The first-order valence-electron chi connectivity index (χ1n) is 5.27. The molecule has 0 amide bonds. The summed E-state index contributed by atoms with van der Waals surface area (Å²) in [6.07, 6.45) is 2.39. The molecule has 0 aliphatic carbocycles. The molecule has 0 bridgehead atoms. The maximum Gasteiger partial charge on any atom is 0.0542 e. The smallest absolute Gasteiger partial charge is 0.0542 e. The van der Waals surface area contributed by atoms with Crippen molar-refractivity contribution in [1.29, 1.82) is 0 Å². The van der Waals surface area contributed by atoms with Crippen molar-refractivity contribution in [3.8, 4) is 0 Å². The summed E-state index contributed by atoms with van der Waals surface area (Å²) in [5, 5.41) is 3.36. The molecule has 0 spiro atoms. The predicted molar refractivity (Wildman–Crippen MR) is 64.2 cm³/mol. The Kier molecular flexibility index (Phi) is 5.02. The lowest BCUT2D eigenvalue weighted by Crippen LogP contribution is -2.27. The van der Waals surface area contributed by atoms with Gasteiger partial charge in [0.05, 0.1) is 5.69 Å². The van der Waals surface area contributed by atoms with Crippen LogP contribution < -0.4 is 11.1 Å². The van der Waals surface area contributed by atoms with Gasteiger partial charge in [-0.25, -0.2) is 0 Å². The molecule has 0 radical (unpaired) electrons. The number of rotatable bonds is 2. The van der Waals surface area contributed by atoms with Crippen molar-refractivity contribution in [3.05, 3.63) is 29.6 Å². The van der Waals surface area contributed by atoms with E-state index < -0.39 is 0 Å². The SMILES string of the molecule is Cl.NCc1cccc(C2CCNCC2)n1. The second kappa shape index (κ2) is 6.05. The van der Waals surface area contributed by atoms with Gasteiger partial charge >= 0.3 is 0 Å². The third kappa shape index (κ3) is 3.16. The van der Waals surface area contributed by atoms with Crippen molar-refractivity contribution in [1.82, 2.24) is 10.3 Å². The van der Waals surface area contributed by atoms with Crippen molar-refractivity contribution in [2.45, 2.75) is 25.3 Å². The number of hydrogen-bond acceptors (Lipinski definition) is 3. The fourth-order valence-electron chi connectivity index (χ4n) is 1.96. The fraction of sp³-hybridized carbons (Fsp3) is 0.545. The largest absolute Gasteiger partial charge is 0.325 e. The van der Waals surface area contributed by atoms with E-state index in [1.54, 1.807) is 0 Å². The summed E-state index contributed by atoms with van der Waals surface area (Å²) in [6, 6.07) is 6.17. The van der Waals surface area contributed by atoms with E-state index >= 15 is 0 Å². The zero-order valence-corrected chi connectivity index (χ0v) is 9.59. The zero-order valence-electron chi connectivity index (χ0n) is 8.78. The molecule has 1 fully saturated rings. The first-order valence-corrected chi connectivity index (χ1v) is 5.27. The van der Waals surface area contributed by atoms with E-state index in [-0.39, 0.29) is 12.4 Å². The van der Waals surface area contributed by atoms with Crippen LogP contribution in [0.2, 0.25) is 0 Å². The van der Waals surface area contributed by atoms with Gasteiger partial charge in [-0.15, -0.1) is 12.4 Å². The van der Waals surface area contributed by atoms with Crippen LogP contribution in [0.15, 0.2) is 18.2 Å². The third-order valence-electron chi connectivity index (χ3n) is 2.79. The first-order chi connectivity index (χ1) is 6.90. The lowest BCUT2D eigenvalue weighted by molar-refractivity contribution is 0.452. The Morgan fingerprint density at radius 3 is 2.73 bits per heavy atom. The second-order valence-corrected chi connectivity index (χ2v) is 3.78. The summed E-state index contributed by atoms with van der Waals surface area (Å²) in [5.41, 5.74) is 7.79. The molecule has 0 aromatic carbocycles. The number of nitrogens with two attached hydrogens (primary N) is 1. The fourth-order valence-corrected chi connectivity index (χ4v) is 1.96. The molecule has 1 saturated heterocycles. The predicted octanol–water partition coefficient (Wildman–Crippen LogP) is 1.43. The van der Waals surface area contributed by atoms with Crippen molar-refractivity contribution in [3.63, 3.8) is 0 Å². The van der Waals surface area contributed by atoms with Crippen molar-refractivity contribution < 1.29 is 0 Å². The molecular formula is C11H18ClN3. The minimum absolute atomic E-state index is 0. The number of nitrogens with one attached hydrogen (secondary N) is 1. The van der Waals surface area contributed by atoms with Gasteiger partial charge < -0.3 is 11.1 Å². The lowest BCUT2D eigenvalue weighted by atomic mass is 9.94. The van der Waals surface area contributed by atoms with Gasteiger partial charge in [-0.3, -0.25) is 4.98 Å². The molecule has 0 atom stereocenters. The molecule has 1 aromatic heterocycles. The average molecular weight is 228 g/mol. The minimum Gasteiger partial charge on any atom is -0.325 e. The molecule has 1 aliphatic rings. The number of aromatic nitrogens is 1. The molecule has 2 heterocycles. The molecule has 0 unspecified atom stereocenters. The summed E-state index contributed by atoms with van der Waals surface area (Å²) in [5.74, 6) is 0.628. The topological polar surface area (TPSA) is 50.9 Å². The summed E-state index contributed by atoms with van der Waals surface area (Å²) < 4.78 is 0. The van der Waals surface area contributed by atoms with Gasteiger partial charge in [-0.2, -0.15) is 0 Å². The molecule has 84 valence electrons. The number of halogens is 1. The Bertz CT molecular complexity index is 298. The van der Waals surface area contributed by atoms with E-state index in [2.05, 4.69) is 22.4 Å². The highest BCUT2D eigenvalue weighted by Gasteiger charge is 2.16. The molecule has 0 saturated carbocycles. The van der Waals surface area contributed by atoms with E-state index in [1.807, 2.05) is 6.07 Å². The van der Waals surface area contributed by atoms with Gasteiger partial charge in [0.15, 0.2) is 0 Å². The zero-order chi connectivity index (χ0) is 9.80. The maximum atomic E-state index is 5.57. The first kappa shape index (κ1) is 12.4. The van der Waals surface area contributed by atoms with Crippen LogP contribution in [-0.2, 0) is 6.54 Å². The van der Waals surface area contributed by atoms with Gasteiger partial charge in [-0.1, -0.05) is 6.07 Å². The highest BCUT2D eigenvalue weighted by molar-refractivity contribution is 5.85. The van der Waals surface area contributed by atoms with E-state index in [4.69, 9.17) is 5.73 Å². The van der Waals surface area contributed by atoms with E-state index in [9.17, 15) is 0 Å². The number of hydrogen-bond donors (Lipinski definition) is 2. The Balaban J connectivity index is 0.00000112. The van der Waals surface area contributed by atoms with E-state index in [0.717, 1.165) is 18.8 Å². The number of nitrogens with zero attached hydrogens (tertiary/aromatic N) is 1. The van der Waals surface area contributed by atoms with Gasteiger partial charge in [0, 0.05) is 18.2 Å². The Morgan fingerprint density at radius 1 is 1.33 bits per heavy atom. The van der Waals surface area contributed by atoms with Crippen LogP contribution in [0.25, 0.3) is 0 Å². The standard InChI is InChI=1S/C11H17N3.ClH/c12-8-10-2-1-3-11(14-10)9-4-6-13-7-5-9;/h1-3,9,13H,4-8,12H2;1H. The number of piperidine rings is 1. The van der Waals surface area contributed by atoms with Gasteiger partial charge in [0.1, 0.15) is 0 Å². The van der Waals surface area contributed by atoms with Crippen LogP contribution in [0, 0.1) is 0 Å². The van der Waals surface area contributed by atoms with Crippen LogP contribution in [-0.4, -0.2) is 18.1 Å². The summed E-state index contributed by atoms with van der Waals surface area (Å²) in [4.78, 5) is 4.56. The van der Waals surface area contributed by atoms with Crippen LogP contribution in [0.1, 0.15) is 30.1 Å². The Labute approximate surface area is 96.9 Å². The molecule has 1 aliphatic heterocycles. The third-order valence-corrected chi connectivity index (χ3v) is 2.79. The molecule has 2 rings (SSSR count). The molecule has 3 nitrogen and oxygen atoms in total. The van der Waals surface area contributed by atoms with E-state index in [1.165, 1.54) is 18.5 Å². The van der Waals surface area contributed by atoms with E-state index in [0.29, 0.717) is 12.5 Å². The van der Waals surface area contributed by atoms with Crippen LogP contribution in [0.3, 0.4) is 0 Å². The van der Waals surface area contributed by atoms with Crippen molar-refractivity contribution in [2.75, 3.05) is 13.1 Å². The Morgan fingerprint density at radius 2 is 2.07 bits per heavy atom. The van der Waals surface area contributed by atoms with Gasteiger partial charge in [0.2, 0.25) is 0 Å². The highest BCUT2D eigenvalue weighted by Crippen LogP contribution is 2.23. The Hall–Kier alpha value is -0.640. The normalized spacial score (nSPS) is 17.1. The summed E-state index contributed by atoms with van der Waals surface area (Å²) in [7, 11) is 0. The van der Waals surface area contributed by atoms with Crippen LogP contribution >= 0.6 is 12.4 Å². The molecule has 3 N–H and O–H groups in total. The van der Waals surface area contributed by atoms with Crippen LogP contribution in [0.5, 0.6) is 0 Å². The molecular weight excluding hydrogens is 210 g/mol. The second-order valence-electron chi connectivity index (χ2n) is 3.78. The molecule has 4 heteroatoms. The summed E-state index contributed by atoms with van der Waals surface area (Å²) in [6.45, 7) is 2.76. The average Bonchev–Trinajstić information content (AvgIpc) is 2.30. The molecule has 1 aromatic rings. The summed E-state index contributed by atoms with van der Waals surface area (Å²) >= 11 is 0. The monoisotopic (exact) mass is 227 g/mol. The quantitative estimate of drug-likeness (QED) is 0.804. The minimum atomic E-state index is 0. The van der Waals surface area contributed by atoms with Crippen molar-refractivity contribution in [2.24, 2.45) is 5.73 Å². The van der Waals surface area contributed by atoms with Gasteiger partial charge in [0.25, 0.3) is 0 Å². The van der Waals surface area contributed by atoms with Crippen LogP contribution in [0.4, 0.5) is 0 Å².